The van der Waals surface area contributed by atoms with Crippen molar-refractivity contribution in [3.63, 3.8) is 0 Å². The topological polar surface area (TPSA) is 61.9 Å². The van der Waals surface area contributed by atoms with Gasteiger partial charge >= 0.3 is 0 Å². The normalized spacial score (nSPS) is 12.6. The highest BCUT2D eigenvalue weighted by Crippen LogP contribution is 2.27. The van der Waals surface area contributed by atoms with Gasteiger partial charge in [-0.2, -0.15) is 0 Å². The molecule has 6 heteroatoms. The van der Waals surface area contributed by atoms with E-state index in [9.17, 15) is 4.79 Å². The van der Waals surface area contributed by atoms with Crippen LogP contribution in [-0.4, -0.2) is 32.8 Å². The lowest BCUT2D eigenvalue weighted by molar-refractivity contribution is 0.0740. The van der Waals surface area contributed by atoms with Gasteiger partial charge in [-0.1, -0.05) is 0 Å². The number of amides is 1. The molecule has 0 spiro atoms. The lowest BCUT2D eigenvalue weighted by atomic mass is 10.1. The Bertz CT molecular complexity index is 880. The molecule has 1 atom stereocenters. The number of aryl methyl sites for hydroxylation is 3. The van der Waals surface area contributed by atoms with Crippen LogP contribution in [-0.2, 0) is 0 Å². The first-order valence-corrected chi connectivity index (χ1v) is 8.36. The molecule has 0 aliphatic carbocycles. The fourth-order valence-electron chi connectivity index (χ4n) is 2.77. The number of nitrogens with one attached hydrogen (secondary N) is 1. The highest BCUT2D eigenvalue weighted by atomic mass is 32.1. The number of thiazole rings is 1. The summed E-state index contributed by atoms with van der Waals surface area (Å²) in [6, 6.07) is 5.50. The van der Waals surface area contributed by atoms with Crippen molar-refractivity contribution in [3.05, 3.63) is 45.2 Å². The molecule has 3 aromatic rings. The van der Waals surface area contributed by atoms with Crippen LogP contribution in [0.25, 0.3) is 11.0 Å². The molecule has 0 bridgehead atoms. The Kier molecular flexibility index (Phi) is 3.93. The number of hydrogen-bond donors (Lipinski definition) is 1. The number of benzene rings is 1. The summed E-state index contributed by atoms with van der Waals surface area (Å²) in [5.41, 5.74) is 3.39. The van der Waals surface area contributed by atoms with Crippen LogP contribution < -0.4 is 0 Å². The SMILES string of the molecule is Cc1nc2ccc(C(=O)N(C)C(C)c3nc(C)sc3C)cc2[nH]1. The monoisotopic (exact) mass is 328 g/mol. The van der Waals surface area contributed by atoms with Crippen LogP contribution in [0.15, 0.2) is 18.2 Å². The second kappa shape index (κ2) is 5.77. The van der Waals surface area contributed by atoms with Crippen LogP contribution in [0.5, 0.6) is 0 Å². The minimum absolute atomic E-state index is 0.0169. The molecule has 5 nitrogen and oxygen atoms in total. The summed E-state index contributed by atoms with van der Waals surface area (Å²) in [6.07, 6.45) is 0. The largest absolute Gasteiger partial charge is 0.342 e. The fraction of sp³-hybridized carbons (Fsp3) is 0.353. The molecule has 2 aromatic heterocycles. The molecule has 3 rings (SSSR count). The Morgan fingerprint density at radius 3 is 2.65 bits per heavy atom. The van der Waals surface area contributed by atoms with E-state index >= 15 is 0 Å². The Balaban J connectivity index is 1.89. The number of aromatic nitrogens is 3. The molecule has 0 aliphatic rings. The number of fused-ring (bicyclic) bond motifs is 1. The summed E-state index contributed by atoms with van der Waals surface area (Å²) < 4.78 is 0. The maximum atomic E-state index is 12.8. The predicted octanol–water partition coefficient (Wildman–Crippen LogP) is 3.78. The van der Waals surface area contributed by atoms with Gasteiger partial charge in [0.05, 0.1) is 27.8 Å². The van der Waals surface area contributed by atoms with E-state index in [0.717, 1.165) is 32.4 Å². The third-order valence-corrected chi connectivity index (χ3v) is 4.99. The number of rotatable bonds is 3. The molecule has 1 amide bonds. The minimum atomic E-state index is -0.0633. The molecule has 23 heavy (non-hydrogen) atoms. The maximum Gasteiger partial charge on any atom is 0.254 e. The molecule has 0 saturated carbocycles. The third kappa shape index (κ3) is 2.86. The first-order chi connectivity index (χ1) is 10.9. The Morgan fingerprint density at radius 2 is 2.00 bits per heavy atom. The molecule has 1 N–H and O–H groups in total. The summed E-state index contributed by atoms with van der Waals surface area (Å²) in [5.74, 6) is 0.830. The van der Waals surface area contributed by atoms with E-state index in [4.69, 9.17) is 0 Å². The van der Waals surface area contributed by atoms with Crippen molar-refractivity contribution in [1.29, 1.82) is 0 Å². The Morgan fingerprint density at radius 1 is 1.26 bits per heavy atom. The smallest absolute Gasteiger partial charge is 0.254 e. The summed E-state index contributed by atoms with van der Waals surface area (Å²) in [4.78, 5) is 27.8. The Labute approximate surface area is 139 Å². The number of aromatic amines is 1. The molecule has 0 radical (unpaired) electrons. The van der Waals surface area contributed by atoms with Gasteiger partial charge in [-0.3, -0.25) is 4.79 Å². The summed E-state index contributed by atoms with van der Waals surface area (Å²) in [7, 11) is 1.82. The van der Waals surface area contributed by atoms with Crippen molar-refractivity contribution in [2.45, 2.75) is 33.7 Å². The third-order valence-electron chi connectivity index (χ3n) is 4.08. The fourth-order valence-corrected chi connectivity index (χ4v) is 3.67. The first kappa shape index (κ1) is 15.7. The zero-order valence-corrected chi connectivity index (χ0v) is 14.8. The zero-order chi connectivity index (χ0) is 16.7. The standard InChI is InChI=1S/C17H20N4OS/c1-9(16-10(2)23-12(4)20-16)21(5)17(22)13-6-7-14-15(8-13)19-11(3)18-14/h6-9H,1-5H3,(H,18,19). The number of carbonyl (C=O) groups is 1. The molecular formula is C17H20N4OS. The van der Waals surface area contributed by atoms with E-state index in [2.05, 4.69) is 15.0 Å². The van der Waals surface area contributed by atoms with Crippen LogP contribution in [0, 0.1) is 20.8 Å². The molecule has 120 valence electrons. The molecular weight excluding hydrogens is 308 g/mol. The zero-order valence-electron chi connectivity index (χ0n) is 14.0. The van der Waals surface area contributed by atoms with E-state index in [-0.39, 0.29) is 11.9 Å². The van der Waals surface area contributed by atoms with E-state index in [1.54, 1.807) is 16.2 Å². The van der Waals surface area contributed by atoms with Gasteiger partial charge in [-0.25, -0.2) is 9.97 Å². The second-order valence-corrected chi connectivity index (χ2v) is 7.23. The number of carbonyl (C=O) groups excluding carboxylic acids is 1. The van der Waals surface area contributed by atoms with Crippen LogP contribution in [0.2, 0.25) is 0 Å². The number of nitrogens with zero attached hydrogens (tertiary/aromatic N) is 3. The van der Waals surface area contributed by atoms with Gasteiger partial charge in [0.15, 0.2) is 0 Å². The van der Waals surface area contributed by atoms with Gasteiger partial charge in [0.1, 0.15) is 5.82 Å². The van der Waals surface area contributed by atoms with Gasteiger partial charge in [0.2, 0.25) is 0 Å². The van der Waals surface area contributed by atoms with Crippen molar-refractivity contribution < 1.29 is 4.79 Å². The van der Waals surface area contributed by atoms with Crippen molar-refractivity contribution in [2.75, 3.05) is 7.05 Å². The summed E-state index contributed by atoms with van der Waals surface area (Å²) >= 11 is 1.66. The number of hydrogen-bond acceptors (Lipinski definition) is 4. The predicted molar refractivity (Wildman–Crippen MR) is 92.9 cm³/mol. The maximum absolute atomic E-state index is 12.8. The summed E-state index contributed by atoms with van der Waals surface area (Å²) in [6.45, 7) is 7.96. The minimum Gasteiger partial charge on any atom is -0.342 e. The van der Waals surface area contributed by atoms with Crippen LogP contribution in [0.4, 0.5) is 0 Å². The average Bonchev–Trinajstić information content (AvgIpc) is 3.04. The van der Waals surface area contributed by atoms with Crippen LogP contribution in [0.3, 0.4) is 0 Å². The highest BCUT2D eigenvalue weighted by Gasteiger charge is 2.23. The highest BCUT2D eigenvalue weighted by molar-refractivity contribution is 7.11. The summed E-state index contributed by atoms with van der Waals surface area (Å²) in [5, 5.41) is 1.03. The average molecular weight is 328 g/mol. The van der Waals surface area contributed by atoms with Crippen LogP contribution >= 0.6 is 11.3 Å². The molecule has 0 saturated heterocycles. The first-order valence-electron chi connectivity index (χ1n) is 7.54. The molecule has 1 aromatic carbocycles. The lowest BCUT2D eigenvalue weighted by Crippen LogP contribution is -2.30. The van der Waals surface area contributed by atoms with Gasteiger partial charge in [-0.05, 0) is 45.9 Å². The van der Waals surface area contributed by atoms with Crippen molar-refractivity contribution in [2.24, 2.45) is 0 Å². The molecule has 0 fully saturated rings. The lowest BCUT2D eigenvalue weighted by Gasteiger charge is -2.24. The van der Waals surface area contributed by atoms with Gasteiger partial charge in [0.25, 0.3) is 5.91 Å². The van der Waals surface area contributed by atoms with Crippen molar-refractivity contribution in [1.82, 2.24) is 19.9 Å². The van der Waals surface area contributed by atoms with Gasteiger partial charge in [0, 0.05) is 17.5 Å². The van der Waals surface area contributed by atoms with Crippen molar-refractivity contribution >= 4 is 28.3 Å². The number of H-pyrrole nitrogens is 1. The number of imidazole rings is 1. The van der Waals surface area contributed by atoms with E-state index in [0.29, 0.717) is 5.56 Å². The van der Waals surface area contributed by atoms with E-state index in [1.165, 1.54) is 0 Å². The van der Waals surface area contributed by atoms with Crippen molar-refractivity contribution in [3.8, 4) is 0 Å². The molecule has 2 heterocycles. The second-order valence-electron chi connectivity index (χ2n) is 5.82. The molecule has 0 aliphatic heterocycles. The quantitative estimate of drug-likeness (QED) is 0.796. The Hall–Kier alpha value is -2.21. The van der Waals surface area contributed by atoms with E-state index in [1.807, 2.05) is 52.9 Å². The van der Waals surface area contributed by atoms with Gasteiger partial charge < -0.3 is 9.88 Å². The van der Waals surface area contributed by atoms with Gasteiger partial charge in [-0.15, -0.1) is 11.3 Å². The van der Waals surface area contributed by atoms with E-state index < -0.39 is 0 Å². The van der Waals surface area contributed by atoms with Crippen LogP contribution in [0.1, 0.15) is 44.7 Å². The molecule has 1 unspecified atom stereocenters.